The van der Waals surface area contributed by atoms with Crippen LogP contribution in [0.3, 0.4) is 0 Å². The first-order valence-electron chi connectivity index (χ1n) is 21.8. The van der Waals surface area contributed by atoms with E-state index in [1.807, 2.05) is 0 Å². The monoisotopic (exact) mass is 816 g/mol. The van der Waals surface area contributed by atoms with E-state index in [4.69, 9.17) is 15.0 Å². The van der Waals surface area contributed by atoms with Crippen LogP contribution in [0.2, 0.25) is 0 Å². The fourth-order valence-corrected chi connectivity index (χ4v) is 8.24. The van der Waals surface area contributed by atoms with Crippen LogP contribution in [0.1, 0.15) is 105 Å². The molecule has 0 unspecified atom stereocenters. The van der Waals surface area contributed by atoms with Crippen molar-refractivity contribution in [3.05, 3.63) is 162 Å². The number of imidazole rings is 1. The highest BCUT2D eigenvalue weighted by Gasteiger charge is 2.30. The van der Waals surface area contributed by atoms with Crippen molar-refractivity contribution in [1.82, 2.24) is 19.5 Å². The summed E-state index contributed by atoms with van der Waals surface area (Å²) in [5.74, 6) is 0.832. The van der Waals surface area contributed by atoms with Gasteiger partial charge in [0, 0.05) is 16.7 Å². The van der Waals surface area contributed by atoms with Crippen molar-refractivity contribution in [2.75, 3.05) is 0 Å². The number of hydrogen-bond donors (Lipinski definition) is 1. The molecule has 0 spiro atoms. The van der Waals surface area contributed by atoms with Gasteiger partial charge in [0.15, 0.2) is 11.5 Å². The fraction of sp³-hybridized carbons (Fsp3) is 0.281. The Kier molecular flexibility index (Phi) is 10.6. The summed E-state index contributed by atoms with van der Waals surface area (Å²) in [6.45, 7) is 26.6. The van der Waals surface area contributed by atoms with Crippen LogP contribution in [0.25, 0.3) is 72.9 Å². The molecule has 0 amide bonds. The second kappa shape index (κ2) is 15.5. The van der Waals surface area contributed by atoms with Gasteiger partial charge in [-0.1, -0.05) is 180 Å². The number of benzene rings is 6. The zero-order valence-electron chi connectivity index (χ0n) is 38.5. The van der Waals surface area contributed by atoms with E-state index in [0.717, 1.165) is 55.9 Å². The van der Waals surface area contributed by atoms with E-state index in [2.05, 4.69) is 221 Å². The number of phenols is 1. The van der Waals surface area contributed by atoms with Crippen LogP contribution >= 0.6 is 0 Å². The third kappa shape index (κ3) is 8.21. The Morgan fingerprint density at radius 2 is 0.968 bits per heavy atom. The summed E-state index contributed by atoms with van der Waals surface area (Å²) in [6, 6.07) is 47.6. The predicted molar refractivity (Wildman–Crippen MR) is 260 cm³/mol. The average Bonchev–Trinajstić information content (AvgIpc) is 3.62. The molecule has 0 aliphatic heterocycles. The normalized spacial score (nSPS) is 12.6. The fourth-order valence-electron chi connectivity index (χ4n) is 8.24. The van der Waals surface area contributed by atoms with Gasteiger partial charge in [0.1, 0.15) is 23.3 Å². The number of aromatic hydroxyl groups is 1. The molecule has 2 aromatic heterocycles. The Balaban J connectivity index is 1.47. The SMILES string of the molecule is CC(C)(C)c1cc(-c2cccc(-c3ccccc3)c2)cc(-c2ncnc3c2nc(-c2cc(C(C)(C)C)cc(C(C)(C)C)c2O)n3-c2ccc(C(C)(C)C)cc2-c2ccccc2)c1. The van der Waals surface area contributed by atoms with Crippen LogP contribution in [0.4, 0.5) is 0 Å². The Morgan fingerprint density at radius 3 is 1.58 bits per heavy atom. The number of nitrogens with zero attached hydrogens (tertiary/aromatic N) is 4. The Hall–Kier alpha value is -6.33. The zero-order valence-corrected chi connectivity index (χ0v) is 38.5. The molecule has 314 valence electrons. The highest BCUT2D eigenvalue weighted by molar-refractivity contribution is 5.94. The predicted octanol–water partition coefficient (Wildman–Crippen LogP) is 15.0. The molecule has 8 aromatic rings. The molecule has 0 atom stereocenters. The van der Waals surface area contributed by atoms with E-state index in [0.29, 0.717) is 22.6 Å². The van der Waals surface area contributed by atoms with Crippen molar-refractivity contribution >= 4 is 11.2 Å². The maximum absolute atomic E-state index is 12.5. The van der Waals surface area contributed by atoms with Gasteiger partial charge in [-0.3, -0.25) is 4.57 Å². The smallest absolute Gasteiger partial charge is 0.168 e. The van der Waals surface area contributed by atoms with E-state index < -0.39 is 0 Å². The Bertz CT molecular complexity index is 2930. The van der Waals surface area contributed by atoms with Crippen LogP contribution in [0, 0.1) is 0 Å². The molecular formula is C57H60N4O. The molecule has 62 heavy (non-hydrogen) atoms. The van der Waals surface area contributed by atoms with Gasteiger partial charge in [-0.15, -0.1) is 0 Å². The highest BCUT2D eigenvalue weighted by atomic mass is 16.3. The number of fused-ring (bicyclic) bond motifs is 1. The van der Waals surface area contributed by atoms with Crippen molar-refractivity contribution in [1.29, 1.82) is 0 Å². The lowest BCUT2D eigenvalue weighted by Crippen LogP contribution is -2.17. The summed E-state index contributed by atoms with van der Waals surface area (Å²) in [5, 5.41) is 12.5. The highest BCUT2D eigenvalue weighted by Crippen LogP contribution is 2.46. The first-order valence-corrected chi connectivity index (χ1v) is 21.8. The van der Waals surface area contributed by atoms with E-state index >= 15 is 0 Å². The van der Waals surface area contributed by atoms with Gasteiger partial charge in [0.2, 0.25) is 0 Å². The van der Waals surface area contributed by atoms with Gasteiger partial charge in [0.05, 0.1) is 11.3 Å². The first-order chi connectivity index (χ1) is 29.2. The topological polar surface area (TPSA) is 63.8 Å². The van der Waals surface area contributed by atoms with E-state index in [9.17, 15) is 5.11 Å². The molecule has 0 bridgehead atoms. The number of phenolic OH excluding ortho intramolecular Hbond substituents is 1. The summed E-state index contributed by atoms with van der Waals surface area (Å²) >= 11 is 0. The summed E-state index contributed by atoms with van der Waals surface area (Å²) in [7, 11) is 0. The molecule has 0 aliphatic carbocycles. The lowest BCUT2D eigenvalue weighted by molar-refractivity contribution is 0.446. The summed E-state index contributed by atoms with van der Waals surface area (Å²) in [6.07, 6.45) is 1.66. The standard InChI is InChI=1S/C57H60N4O/c1-54(2,3)42-26-27-48(45(32-42)37-22-17-14-18-23-37)61-52(46-33-44(56(7,8)9)34-47(51(46)62)57(10,11)12)60-50-49(58-35-59-53(50)61)41-29-40(30-43(31-41)55(4,5)6)39-25-19-24-38(28-39)36-20-15-13-16-21-36/h13-35,62H,1-12H3. The molecule has 6 aromatic carbocycles. The Labute approximate surface area is 368 Å². The summed E-state index contributed by atoms with van der Waals surface area (Å²) < 4.78 is 2.15. The minimum Gasteiger partial charge on any atom is -0.507 e. The number of aromatic nitrogens is 4. The quantitative estimate of drug-likeness (QED) is 0.182. The lowest BCUT2D eigenvalue weighted by Gasteiger charge is -2.28. The largest absolute Gasteiger partial charge is 0.507 e. The van der Waals surface area contributed by atoms with Crippen LogP contribution in [0.5, 0.6) is 5.75 Å². The second-order valence-corrected chi connectivity index (χ2v) is 20.9. The number of hydrogen-bond acceptors (Lipinski definition) is 4. The maximum atomic E-state index is 12.5. The van der Waals surface area contributed by atoms with Gasteiger partial charge >= 0.3 is 0 Å². The second-order valence-electron chi connectivity index (χ2n) is 20.9. The third-order valence-electron chi connectivity index (χ3n) is 12.0. The van der Waals surface area contributed by atoms with Crippen LogP contribution in [0.15, 0.2) is 140 Å². The first kappa shape index (κ1) is 42.4. The summed E-state index contributed by atoms with van der Waals surface area (Å²) in [4.78, 5) is 15.7. The van der Waals surface area contributed by atoms with Crippen molar-refractivity contribution < 1.29 is 5.11 Å². The van der Waals surface area contributed by atoms with Crippen molar-refractivity contribution in [2.45, 2.75) is 105 Å². The van der Waals surface area contributed by atoms with Crippen LogP contribution < -0.4 is 0 Å². The maximum Gasteiger partial charge on any atom is 0.168 e. The lowest BCUT2D eigenvalue weighted by atomic mass is 9.79. The van der Waals surface area contributed by atoms with Crippen molar-refractivity contribution in [2.24, 2.45) is 0 Å². The van der Waals surface area contributed by atoms with Crippen molar-refractivity contribution in [3.63, 3.8) is 0 Å². The molecule has 0 fully saturated rings. The van der Waals surface area contributed by atoms with E-state index in [1.54, 1.807) is 6.33 Å². The van der Waals surface area contributed by atoms with Gasteiger partial charge in [-0.05, 0) is 103 Å². The average molecular weight is 817 g/mol. The van der Waals surface area contributed by atoms with E-state index in [-0.39, 0.29) is 27.4 Å². The molecule has 0 saturated heterocycles. The van der Waals surface area contributed by atoms with Crippen molar-refractivity contribution in [3.8, 4) is 67.5 Å². The minimum atomic E-state index is -0.340. The summed E-state index contributed by atoms with van der Waals surface area (Å²) in [5.41, 5.74) is 14.9. The minimum absolute atomic E-state index is 0.0887. The molecule has 0 aliphatic rings. The molecule has 1 N–H and O–H groups in total. The van der Waals surface area contributed by atoms with Crippen LogP contribution in [-0.2, 0) is 21.7 Å². The van der Waals surface area contributed by atoms with Crippen LogP contribution in [-0.4, -0.2) is 24.6 Å². The molecule has 5 nitrogen and oxygen atoms in total. The molecule has 0 radical (unpaired) electrons. The van der Waals surface area contributed by atoms with Gasteiger partial charge in [-0.25, -0.2) is 15.0 Å². The zero-order chi connectivity index (χ0) is 44.4. The molecular weight excluding hydrogens is 757 g/mol. The third-order valence-corrected chi connectivity index (χ3v) is 12.0. The molecule has 5 heteroatoms. The van der Waals surface area contributed by atoms with E-state index in [1.165, 1.54) is 16.7 Å². The van der Waals surface area contributed by atoms with Gasteiger partial charge in [0.25, 0.3) is 0 Å². The molecule has 0 saturated carbocycles. The number of rotatable bonds is 6. The van der Waals surface area contributed by atoms with Gasteiger partial charge < -0.3 is 5.11 Å². The Morgan fingerprint density at radius 1 is 0.435 bits per heavy atom. The molecule has 2 heterocycles. The molecule has 8 rings (SSSR count). The van der Waals surface area contributed by atoms with Gasteiger partial charge in [-0.2, -0.15) is 0 Å².